The summed E-state index contributed by atoms with van der Waals surface area (Å²) in [6, 6.07) is 4.94. The zero-order valence-electron chi connectivity index (χ0n) is 10.1. The minimum Gasteiger partial charge on any atom is -0.496 e. The highest BCUT2D eigenvalue weighted by molar-refractivity contribution is 6.02. The van der Waals surface area contributed by atoms with Crippen molar-refractivity contribution in [1.82, 2.24) is 5.32 Å². The molecule has 4 N–H and O–H groups in total. The predicted octanol–water partition coefficient (Wildman–Crippen LogP) is 0.778. The van der Waals surface area contributed by atoms with Crippen LogP contribution in [-0.2, 0) is 0 Å². The lowest BCUT2D eigenvalue weighted by molar-refractivity contribution is 0.0932. The van der Waals surface area contributed by atoms with Crippen molar-refractivity contribution < 1.29 is 14.6 Å². The van der Waals surface area contributed by atoms with Crippen LogP contribution >= 0.6 is 0 Å². The SMILES string of the molecule is COc1cccc(N)c1C(=O)NC(C)CCO. The molecule has 0 radical (unpaired) electrons. The van der Waals surface area contributed by atoms with Gasteiger partial charge in [0.25, 0.3) is 5.91 Å². The van der Waals surface area contributed by atoms with Gasteiger partial charge in [0.05, 0.1) is 7.11 Å². The van der Waals surface area contributed by atoms with E-state index >= 15 is 0 Å². The zero-order valence-corrected chi connectivity index (χ0v) is 10.1. The Kier molecular flexibility index (Phi) is 4.78. The van der Waals surface area contributed by atoms with E-state index in [1.807, 2.05) is 6.92 Å². The van der Waals surface area contributed by atoms with E-state index in [2.05, 4.69) is 5.32 Å². The second-order valence-electron chi connectivity index (χ2n) is 3.81. The predicted molar refractivity (Wildman–Crippen MR) is 66.0 cm³/mol. The Bertz CT molecular complexity index is 393. The molecule has 0 spiro atoms. The Balaban J connectivity index is 2.88. The lowest BCUT2D eigenvalue weighted by atomic mass is 10.1. The molecular weight excluding hydrogens is 220 g/mol. The maximum Gasteiger partial charge on any atom is 0.257 e. The number of nitrogens with two attached hydrogens (primary N) is 1. The third-order valence-corrected chi connectivity index (χ3v) is 2.45. The summed E-state index contributed by atoms with van der Waals surface area (Å²) in [6.07, 6.45) is 0.501. The molecule has 94 valence electrons. The highest BCUT2D eigenvalue weighted by Gasteiger charge is 2.17. The summed E-state index contributed by atoms with van der Waals surface area (Å²) in [7, 11) is 1.49. The molecular formula is C12H18N2O3. The minimum absolute atomic E-state index is 0.0306. The van der Waals surface area contributed by atoms with Crippen molar-refractivity contribution in [3.63, 3.8) is 0 Å². The van der Waals surface area contributed by atoms with Crippen LogP contribution in [0.2, 0.25) is 0 Å². The number of aliphatic hydroxyl groups excluding tert-OH is 1. The molecule has 1 rings (SSSR count). The Morgan fingerprint density at radius 2 is 2.29 bits per heavy atom. The molecule has 0 aliphatic rings. The van der Waals surface area contributed by atoms with E-state index in [4.69, 9.17) is 15.6 Å². The smallest absolute Gasteiger partial charge is 0.257 e. The molecule has 0 bridgehead atoms. The number of amides is 1. The second-order valence-corrected chi connectivity index (χ2v) is 3.81. The van der Waals surface area contributed by atoms with Crippen molar-refractivity contribution in [1.29, 1.82) is 0 Å². The Hall–Kier alpha value is -1.75. The molecule has 5 heteroatoms. The summed E-state index contributed by atoms with van der Waals surface area (Å²) in [5, 5.41) is 11.5. The fourth-order valence-corrected chi connectivity index (χ4v) is 1.52. The Morgan fingerprint density at radius 3 is 2.88 bits per heavy atom. The van der Waals surface area contributed by atoms with E-state index in [1.165, 1.54) is 7.11 Å². The first kappa shape index (κ1) is 13.3. The van der Waals surface area contributed by atoms with E-state index in [1.54, 1.807) is 18.2 Å². The lowest BCUT2D eigenvalue weighted by Gasteiger charge is -2.15. The number of hydrogen-bond donors (Lipinski definition) is 3. The quantitative estimate of drug-likeness (QED) is 0.662. The lowest BCUT2D eigenvalue weighted by Crippen LogP contribution is -2.33. The maximum absolute atomic E-state index is 12.0. The fourth-order valence-electron chi connectivity index (χ4n) is 1.52. The van der Waals surface area contributed by atoms with Crippen LogP contribution in [0.25, 0.3) is 0 Å². The number of nitrogen functional groups attached to an aromatic ring is 1. The fraction of sp³-hybridized carbons (Fsp3) is 0.417. The molecule has 17 heavy (non-hydrogen) atoms. The Morgan fingerprint density at radius 1 is 1.59 bits per heavy atom. The summed E-state index contributed by atoms with van der Waals surface area (Å²) in [6.45, 7) is 1.85. The minimum atomic E-state index is -0.291. The summed E-state index contributed by atoms with van der Waals surface area (Å²) in [5.74, 6) is 0.152. The molecule has 5 nitrogen and oxygen atoms in total. The molecule has 0 heterocycles. The van der Waals surface area contributed by atoms with Gasteiger partial charge in [0.2, 0.25) is 0 Å². The average molecular weight is 238 g/mol. The number of carbonyl (C=O) groups excluding carboxylic acids is 1. The summed E-state index contributed by atoms with van der Waals surface area (Å²) in [5.41, 5.74) is 6.46. The average Bonchev–Trinajstić information content (AvgIpc) is 2.28. The van der Waals surface area contributed by atoms with Gasteiger partial charge in [0.1, 0.15) is 11.3 Å². The van der Waals surface area contributed by atoms with Gasteiger partial charge in [-0.15, -0.1) is 0 Å². The first-order valence-electron chi connectivity index (χ1n) is 5.44. The number of anilines is 1. The third-order valence-electron chi connectivity index (χ3n) is 2.45. The molecule has 0 aromatic heterocycles. The highest BCUT2D eigenvalue weighted by Crippen LogP contribution is 2.23. The van der Waals surface area contributed by atoms with Crippen LogP contribution in [0.5, 0.6) is 5.75 Å². The van der Waals surface area contributed by atoms with Crippen molar-refractivity contribution >= 4 is 11.6 Å². The molecule has 0 saturated heterocycles. The second kappa shape index (κ2) is 6.10. The number of hydrogen-bond acceptors (Lipinski definition) is 4. The van der Waals surface area contributed by atoms with Gasteiger partial charge in [-0.2, -0.15) is 0 Å². The van der Waals surface area contributed by atoms with Crippen LogP contribution in [0.1, 0.15) is 23.7 Å². The van der Waals surface area contributed by atoms with Crippen LogP contribution in [0.4, 0.5) is 5.69 Å². The van der Waals surface area contributed by atoms with Crippen molar-refractivity contribution in [2.45, 2.75) is 19.4 Å². The highest BCUT2D eigenvalue weighted by atomic mass is 16.5. The van der Waals surface area contributed by atoms with Gasteiger partial charge in [-0.1, -0.05) is 6.07 Å². The number of nitrogens with one attached hydrogen (secondary N) is 1. The Labute approximate surface area is 101 Å². The maximum atomic E-state index is 12.0. The first-order chi connectivity index (χ1) is 8.10. The monoisotopic (exact) mass is 238 g/mol. The number of rotatable bonds is 5. The van der Waals surface area contributed by atoms with Gasteiger partial charge in [0.15, 0.2) is 0 Å². The number of ether oxygens (including phenoxy) is 1. The first-order valence-corrected chi connectivity index (χ1v) is 5.44. The number of methoxy groups -OCH3 is 1. The van der Waals surface area contributed by atoms with Gasteiger partial charge >= 0.3 is 0 Å². The van der Waals surface area contributed by atoms with Crippen molar-refractivity contribution in [2.75, 3.05) is 19.5 Å². The molecule has 1 aromatic carbocycles. The van der Waals surface area contributed by atoms with Crippen LogP contribution in [0.3, 0.4) is 0 Å². The molecule has 1 aromatic rings. The zero-order chi connectivity index (χ0) is 12.8. The standard InChI is InChI=1S/C12H18N2O3/c1-8(6-7-15)14-12(16)11-9(13)4-3-5-10(11)17-2/h3-5,8,15H,6-7,13H2,1-2H3,(H,14,16). The van der Waals surface area contributed by atoms with E-state index in [9.17, 15) is 4.79 Å². The van der Waals surface area contributed by atoms with Crippen LogP contribution in [0, 0.1) is 0 Å². The molecule has 1 atom stereocenters. The van der Waals surface area contributed by atoms with Crippen molar-refractivity contribution in [3.05, 3.63) is 23.8 Å². The van der Waals surface area contributed by atoms with Gasteiger partial charge < -0.3 is 20.9 Å². The van der Waals surface area contributed by atoms with Crippen LogP contribution < -0.4 is 15.8 Å². The van der Waals surface area contributed by atoms with Crippen LogP contribution in [0.15, 0.2) is 18.2 Å². The van der Waals surface area contributed by atoms with Gasteiger partial charge in [-0.25, -0.2) is 0 Å². The molecule has 0 aliphatic carbocycles. The third kappa shape index (κ3) is 3.35. The van der Waals surface area contributed by atoms with E-state index in [0.29, 0.717) is 23.4 Å². The number of aliphatic hydroxyl groups is 1. The molecule has 0 fully saturated rings. The summed E-state index contributed by atoms with van der Waals surface area (Å²) >= 11 is 0. The number of benzene rings is 1. The number of carbonyl (C=O) groups is 1. The van der Waals surface area contributed by atoms with E-state index in [-0.39, 0.29) is 18.6 Å². The van der Waals surface area contributed by atoms with Crippen molar-refractivity contribution in [2.24, 2.45) is 0 Å². The van der Waals surface area contributed by atoms with E-state index in [0.717, 1.165) is 0 Å². The van der Waals surface area contributed by atoms with Crippen LogP contribution in [-0.4, -0.2) is 30.8 Å². The molecule has 0 aliphatic heterocycles. The molecule has 1 amide bonds. The largest absolute Gasteiger partial charge is 0.496 e. The summed E-state index contributed by atoms with van der Waals surface area (Å²) in [4.78, 5) is 12.0. The molecule has 0 saturated carbocycles. The van der Waals surface area contributed by atoms with Gasteiger partial charge in [-0.05, 0) is 25.5 Å². The van der Waals surface area contributed by atoms with Gasteiger partial charge in [0, 0.05) is 18.3 Å². The normalized spacial score (nSPS) is 11.9. The summed E-state index contributed by atoms with van der Waals surface area (Å²) < 4.78 is 5.10. The van der Waals surface area contributed by atoms with E-state index < -0.39 is 0 Å². The molecule has 1 unspecified atom stereocenters. The van der Waals surface area contributed by atoms with Crippen molar-refractivity contribution in [3.8, 4) is 5.75 Å². The topological polar surface area (TPSA) is 84.6 Å². The van der Waals surface area contributed by atoms with Gasteiger partial charge in [-0.3, -0.25) is 4.79 Å².